The van der Waals surface area contributed by atoms with Crippen molar-refractivity contribution in [2.45, 2.75) is 6.10 Å². The molecule has 1 aromatic rings. The van der Waals surface area contributed by atoms with Gasteiger partial charge in [-0.1, -0.05) is 18.7 Å². The Hall–Kier alpha value is -2.47. The zero-order chi connectivity index (χ0) is 15.1. The Kier molecular flexibility index (Phi) is 5.61. The number of methoxy groups -OCH3 is 1. The molecule has 0 saturated heterocycles. The average molecular weight is 279 g/mol. The topological polar surface area (TPSA) is 89.9 Å². The number of esters is 2. The fourth-order valence-electron chi connectivity index (χ4n) is 1.40. The molecular formula is C14H15O6+. The van der Waals surface area contributed by atoms with Crippen molar-refractivity contribution >= 4 is 17.7 Å². The van der Waals surface area contributed by atoms with E-state index in [1.165, 1.54) is 19.2 Å². The van der Waals surface area contributed by atoms with Crippen LogP contribution in [0, 0.1) is 0 Å². The van der Waals surface area contributed by atoms with Gasteiger partial charge in [0.15, 0.2) is 11.9 Å². The highest BCUT2D eigenvalue weighted by atomic mass is 16.5. The number of hydrogen-bond acceptors (Lipinski definition) is 6. The lowest BCUT2D eigenvalue weighted by atomic mass is 10.1. The Labute approximate surface area is 117 Å². The Bertz CT molecular complexity index is 540. The predicted molar refractivity (Wildman–Crippen MR) is 70.4 cm³/mol. The molecule has 0 heterocycles. The second kappa shape index (κ2) is 7.20. The lowest BCUT2D eigenvalue weighted by Gasteiger charge is -2.10. The summed E-state index contributed by atoms with van der Waals surface area (Å²) >= 11 is 0. The summed E-state index contributed by atoms with van der Waals surface area (Å²) in [4.78, 5) is 34.4. The summed E-state index contributed by atoms with van der Waals surface area (Å²) in [5.41, 5.74) is 0.0436. The number of rotatable bonds is 6. The molecular weight excluding hydrogens is 264 g/mol. The smallest absolute Gasteiger partial charge is 0.465 e. The first kappa shape index (κ1) is 15.6. The van der Waals surface area contributed by atoms with Gasteiger partial charge in [-0.05, 0) is 18.2 Å². The van der Waals surface area contributed by atoms with Gasteiger partial charge in [-0.25, -0.2) is 9.59 Å². The van der Waals surface area contributed by atoms with Crippen LogP contribution in [0.15, 0.2) is 36.9 Å². The van der Waals surface area contributed by atoms with Gasteiger partial charge in [-0.15, -0.1) is 0 Å². The maximum absolute atomic E-state index is 11.8. The minimum Gasteiger partial charge on any atom is -0.465 e. The molecule has 0 amide bonds. The lowest BCUT2D eigenvalue weighted by molar-refractivity contribution is -0.124. The SMILES string of the molecule is C=CC(=O)C(O)COC(=O)c1ccccc1C(=O)OC.[H+]. The number of hydrogen-bond donors (Lipinski definition) is 1. The maximum Gasteiger partial charge on any atom is 1.00 e. The predicted octanol–water partition coefficient (Wildman–Crippen LogP) is 0.859. The lowest BCUT2D eigenvalue weighted by Crippen LogP contribution is -2.26. The normalized spacial score (nSPS) is 11.3. The Morgan fingerprint density at radius 1 is 1.30 bits per heavy atom. The summed E-state index contributed by atoms with van der Waals surface area (Å²) in [5.74, 6) is -2.17. The molecule has 0 aromatic heterocycles. The minimum absolute atomic E-state index is 0. The molecule has 0 aliphatic heterocycles. The zero-order valence-corrected chi connectivity index (χ0v) is 10.9. The van der Waals surface area contributed by atoms with Gasteiger partial charge in [0.2, 0.25) is 0 Å². The second-order valence-electron chi connectivity index (χ2n) is 3.76. The second-order valence-corrected chi connectivity index (χ2v) is 3.76. The van der Waals surface area contributed by atoms with E-state index < -0.39 is 30.4 Å². The molecule has 0 aliphatic rings. The van der Waals surface area contributed by atoms with Crippen LogP contribution in [0.4, 0.5) is 0 Å². The van der Waals surface area contributed by atoms with Crippen molar-refractivity contribution in [3.63, 3.8) is 0 Å². The first-order valence-electron chi connectivity index (χ1n) is 5.70. The first-order chi connectivity index (χ1) is 9.51. The van der Waals surface area contributed by atoms with Crippen LogP contribution in [-0.2, 0) is 14.3 Å². The average Bonchev–Trinajstić information content (AvgIpc) is 2.50. The van der Waals surface area contributed by atoms with Crippen LogP contribution in [0.1, 0.15) is 22.1 Å². The van der Waals surface area contributed by atoms with E-state index in [1.807, 2.05) is 0 Å². The first-order valence-corrected chi connectivity index (χ1v) is 5.70. The summed E-state index contributed by atoms with van der Waals surface area (Å²) in [6.45, 7) is 2.69. The molecule has 0 saturated carbocycles. The summed E-state index contributed by atoms with van der Waals surface area (Å²) in [5, 5.41) is 9.35. The summed E-state index contributed by atoms with van der Waals surface area (Å²) in [6, 6.07) is 5.91. The number of benzene rings is 1. The van der Waals surface area contributed by atoms with Gasteiger partial charge in [0.05, 0.1) is 18.2 Å². The summed E-state index contributed by atoms with van der Waals surface area (Å²) in [7, 11) is 1.19. The number of carbonyl (C=O) groups excluding carboxylic acids is 3. The van der Waals surface area contributed by atoms with Gasteiger partial charge >= 0.3 is 13.4 Å². The number of carbonyl (C=O) groups is 3. The number of aliphatic hydroxyl groups excluding tert-OH is 1. The Morgan fingerprint density at radius 3 is 2.35 bits per heavy atom. The molecule has 1 unspecified atom stereocenters. The molecule has 0 spiro atoms. The van der Waals surface area contributed by atoms with Crippen LogP contribution in [0.5, 0.6) is 0 Å². The molecule has 0 aliphatic carbocycles. The highest BCUT2D eigenvalue weighted by Crippen LogP contribution is 2.11. The zero-order valence-electron chi connectivity index (χ0n) is 11.9. The van der Waals surface area contributed by atoms with Crippen LogP contribution >= 0.6 is 0 Å². The van der Waals surface area contributed by atoms with Crippen molar-refractivity contribution in [3.05, 3.63) is 48.0 Å². The van der Waals surface area contributed by atoms with E-state index in [9.17, 15) is 19.5 Å². The highest BCUT2D eigenvalue weighted by molar-refractivity contribution is 6.03. The Balaban J connectivity index is 0.00000400. The third-order valence-corrected chi connectivity index (χ3v) is 2.45. The molecule has 1 N–H and O–H groups in total. The third kappa shape index (κ3) is 3.76. The van der Waals surface area contributed by atoms with Crippen molar-refractivity contribution in [1.82, 2.24) is 0 Å². The highest BCUT2D eigenvalue weighted by Gasteiger charge is 2.20. The Morgan fingerprint density at radius 2 is 1.85 bits per heavy atom. The van der Waals surface area contributed by atoms with E-state index >= 15 is 0 Å². The van der Waals surface area contributed by atoms with Crippen LogP contribution in [0.25, 0.3) is 0 Å². The molecule has 6 heteroatoms. The molecule has 20 heavy (non-hydrogen) atoms. The summed E-state index contributed by atoms with van der Waals surface area (Å²) < 4.78 is 9.33. The van der Waals surface area contributed by atoms with Crippen LogP contribution < -0.4 is 0 Å². The third-order valence-electron chi connectivity index (χ3n) is 2.45. The monoisotopic (exact) mass is 279 g/mol. The minimum atomic E-state index is -1.47. The van der Waals surface area contributed by atoms with Crippen LogP contribution in [0.3, 0.4) is 0 Å². The van der Waals surface area contributed by atoms with E-state index in [0.29, 0.717) is 0 Å². The summed E-state index contributed by atoms with van der Waals surface area (Å²) in [6.07, 6.45) is -0.539. The van der Waals surface area contributed by atoms with Gasteiger partial charge in [-0.2, -0.15) is 0 Å². The van der Waals surface area contributed by atoms with Crippen LogP contribution in [0.2, 0.25) is 0 Å². The number of ether oxygens (including phenoxy) is 2. The van der Waals surface area contributed by atoms with Crippen molar-refractivity contribution in [3.8, 4) is 0 Å². The standard InChI is InChI=1S/C14H14O6/c1-3-11(15)12(16)8-20-14(18)10-7-5-4-6-9(10)13(17)19-2/h3-7,12,16H,1,8H2,2H3/p+1. The molecule has 6 nitrogen and oxygen atoms in total. The van der Waals surface area contributed by atoms with Crippen molar-refractivity contribution in [2.24, 2.45) is 0 Å². The van der Waals surface area contributed by atoms with E-state index in [1.54, 1.807) is 12.1 Å². The van der Waals surface area contributed by atoms with Gasteiger partial charge in [0, 0.05) is 0 Å². The number of ketones is 1. The molecule has 106 valence electrons. The van der Waals surface area contributed by atoms with Crippen molar-refractivity contribution in [1.29, 1.82) is 0 Å². The quantitative estimate of drug-likeness (QED) is 0.613. The van der Waals surface area contributed by atoms with Gasteiger partial charge < -0.3 is 14.6 Å². The van der Waals surface area contributed by atoms with Crippen molar-refractivity contribution < 1.29 is 30.4 Å². The fraction of sp³-hybridized carbons (Fsp3) is 0.214. The molecule has 1 atom stereocenters. The largest absolute Gasteiger partial charge is 1.00 e. The van der Waals surface area contributed by atoms with Crippen molar-refractivity contribution in [2.75, 3.05) is 13.7 Å². The van der Waals surface area contributed by atoms with E-state index in [2.05, 4.69) is 11.3 Å². The van der Waals surface area contributed by atoms with E-state index in [0.717, 1.165) is 6.08 Å². The fourth-order valence-corrected chi connectivity index (χ4v) is 1.40. The molecule has 0 fully saturated rings. The molecule has 1 aromatic carbocycles. The number of aliphatic hydroxyl groups is 1. The van der Waals surface area contributed by atoms with Crippen LogP contribution in [-0.4, -0.2) is 42.6 Å². The molecule has 0 radical (unpaired) electrons. The van der Waals surface area contributed by atoms with E-state index in [4.69, 9.17) is 4.74 Å². The van der Waals surface area contributed by atoms with E-state index in [-0.39, 0.29) is 12.6 Å². The molecule has 0 bridgehead atoms. The van der Waals surface area contributed by atoms with Gasteiger partial charge in [0.1, 0.15) is 6.61 Å². The van der Waals surface area contributed by atoms with Gasteiger partial charge in [-0.3, -0.25) is 4.79 Å². The maximum atomic E-state index is 11.8. The molecule has 1 rings (SSSR count). The van der Waals surface area contributed by atoms with Gasteiger partial charge in [0.25, 0.3) is 0 Å².